The molecule has 2 nitrogen and oxygen atoms in total. The van der Waals surface area contributed by atoms with E-state index in [-0.39, 0.29) is 6.04 Å². The lowest BCUT2D eigenvalue weighted by molar-refractivity contribution is 0.0316. The summed E-state index contributed by atoms with van der Waals surface area (Å²) in [5, 5.41) is 10.8. The number of hydrogen-bond acceptors (Lipinski definition) is 2. The first kappa shape index (κ1) is 14.5. The zero-order valence-electron chi connectivity index (χ0n) is 10.9. The number of piperidine rings is 1. The fourth-order valence-corrected chi connectivity index (χ4v) is 2.97. The predicted octanol–water partition coefficient (Wildman–Crippen LogP) is 3.55. The Balaban J connectivity index is 2.20. The lowest BCUT2D eigenvalue weighted by Gasteiger charge is -2.38. The molecule has 1 fully saturated rings. The third-order valence-electron chi connectivity index (χ3n) is 3.62. The Morgan fingerprint density at radius 1 is 1.47 bits per heavy atom. The third-order valence-corrected chi connectivity index (χ3v) is 3.84. The minimum absolute atomic E-state index is 0.00427. The van der Waals surface area contributed by atoms with Crippen molar-refractivity contribution in [2.24, 2.45) is 0 Å². The Morgan fingerprint density at radius 2 is 2.26 bits per heavy atom. The molecule has 2 atom stereocenters. The van der Waals surface area contributed by atoms with Gasteiger partial charge in [-0.1, -0.05) is 24.1 Å². The molecule has 1 aromatic carbocycles. The van der Waals surface area contributed by atoms with Gasteiger partial charge < -0.3 is 5.11 Å². The van der Waals surface area contributed by atoms with Gasteiger partial charge in [-0.2, -0.15) is 0 Å². The second-order valence-electron chi connectivity index (χ2n) is 4.99. The molecule has 0 aliphatic carbocycles. The van der Waals surface area contributed by atoms with Crippen molar-refractivity contribution in [1.29, 1.82) is 0 Å². The van der Waals surface area contributed by atoms with Crippen LogP contribution in [0.1, 0.15) is 30.9 Å². The first-order valence-corrected chi connectivity index (χ1v) is 6.98. The van der Waals surface area contributed by atoms with Crippen molar-refractivity contribution >= 4 is 11.6 Å². The molecule has 2 rings (SSSR count). The van der Waals surface area contributed by atoms with Gasteiger partial charge in [-0.3, -0.25) is 4.90 Å². The number of aliphatic hydroxyl groups excluding tert-OH is 1. The molecule has 1 aliphatic heterocycles. The van der Waals surface area contributed by atoms with E-state index in [1.807, 2.05) is 6.08 Å². The molecule has 1 aromatic rings. The molecule has 19 heavy (non-hydrogen) atoms. The van der Waals surface area contributed by atoms with Gasteiger partial charge in [-0.15, -0.1) is 6.58 Å². The van der Waals surface area contributed by atoms with Crippen LogP contribution >= 0.6 is 11.6 Å². The summed E-state index contributed by atoms with van der Waals surface area (Å²) in [6.07, 6.45) is 4.24. The number of benzene rings is 1. The first-order valence-electron chi connectivity index (χ1n) is 6.61. The van der Waals surface area contributed by atoms with E-state index in [0.29, 0.717) is 10.6 Å². The number of aliphatic hydroxyl groups is 1. The van der Waals surface area contributed by atoms with Crippen LogP contribution in [0.4, 0.5) is 4.39 Å². The Labute approximate surface area is 118 Å². The van der Waals surface area contributed by atoms with Gasteiger partial charge in [0, 0.05) is 17.6 Å². The lowest BCUT2D eigenvalue weighted by atomic mass is 9.93. The fraction of sp³-hybridized carbons (Fsp3) is 0.467. The SMILES string of the molecule is C=CCN1CCCC[C@H]1[C@@H](O)c1cc(F)cc(Cl)c1. The van der Waals surface area contributed by atoms with E-state index in [1.165, 1.54) is 12.1 Å². The van der Waals surface area contributed by atoms with Crippen LogP contribution in [0, 0.1) is 5.82 Å². The van der Waals surface area contributed by atoms with Crippen LogP contribution in [0.25, 0.3) is 0 Å². The minimum atomic E-state index is -0.714. The molecule has 1 saturated heterocycles. The van der Waals surface area contributed by atoms with E-state index in [4.69, 9.17) is 11.6 Å². The normalized spacial score (nSPS) is 22.2. The van der Waals surface area contributed by atoms with E-state index < -0.39 is 11.9 Å². The quantitative estimate of drug-likeness (QED) is 0.854. The molecule has 1 aliphatic rings. The third kappa shape index (κ3) is 3.56. The van der Waals surface area contributed by atoms with Gasteiger partial charge in [-0.05, 0) is 43.1 Å². The summed E-state index contributed by atoms with van der Waals surface area (Å²) in [5.41, 5.74) is 0.547. The van der Waals surface area contributed by atoms with Crippen LogP contribution in [0.15, 0.2) is 30.9 Å². The van der Waals surface area contributed by atoms with Gasteiger partial charge in [0.1, 0.15) is 5.82 Å². The number of nitrogens with zero attached hydrogens (tertiary/aromatic N) is 1. The summed E-state index contributed by atoms with van der Waals surface area (Å²) < 4.78 is 13.4. The van der Waals surface area contributed by atoms with Gasteiger partial charge in [-0.25, -0.2) is 4.39 Å². The van der Waals surface area contributed by atoms with Gasteiger partial charge in [0.05, 0.1) is 6.10 Å². The number of halogens is 2. The highest BCUT2D eigenvalue weighted by Gasteiger charge is 2.29. The van der Waals surface area contributed by atoms with Gasteiger partial charge in [0.25, 0.3) is 0 Å². The molecular formula is C15H19ClFNO. The Morgan fingerprint density at radius 3 is 2.95 bits per heavy atom. The zero-order chi connectivity index (χ0) is 13.8. The Bertz CT molecular complexity index is 432. The summed E-state index contributed by atoms with van der Waals surface area (Å²) in [6, 6.07) is 4.25. The Kier molecular flexibility index (Phi) is 4.97. The topological polar surface area (TPSA) is 23.5 Å². The summed E-state index contributed by atoms with van der Waals surface area (Å²) in [6.45, 7) is 5.43. The largest absolute Gasteiger partial charge is 0.387 e. The monoisotopic (exact) mass is 283 g/mol. The van der Waals surface area contributed by atoms with Crippen LogP contribution in [-0.2, 0) is 0 Å². The second-order valence-corrected chi connectivity index (χ2v) is 5.43. The van der Waals surface area contributed by atoms with Gasteiger partial charge >= 0.3 is 0 Å². The van der Waals surface area contributed by atoms with E-state index >= 15 is 0 Å². The smallest absolute Gasteiger partial charge is 0.125 e. The van der Waals surface area contributed by atoms with Crippen LogP contribution in [0.2, 0.25) is 5.02 Å². The first-order chi connectivity index (χ1) is 9.11. The molecule has 1 N–H and O–H groups in total. The fourth-order valence-electron chi connectivity index (χ4n) is 2.73. The maximum absolute atomic E-state index is 13.4. The molecule has 0 saturated carbocycles. The summed E-state index contributed by atoms with van der Waals surface area (Å²) in [5.74, 6) is -0.410. The van der Waals surface area contributed by atoms with Crippen molar-refractivity contribution in [3.8, 4) is 0 Å². The number of rotatable bonds is 4. The number of likely N-dealkylation sites (tertiary alicyclic amines) is 1. The summed E-state index contributed by atoms with van der Waals surface area (Å²) in [4.78, 5) is 2.19. The maximum atomic E-state index is 13.4. The van der Waals surface area contributed by atoms with Crippen molar-refractivity contribution in [2.45, 2.75) is 31.4 Å². The van der Waals surface area contributed by atoms with Crippen LogP contribution < -0.4 is 0 Å². The summed E-state index contributed by atoms with van der Waals surface area (Å²) in [7, 11) is 0. The van der Waals surface area contributed by atoms with Crippen molar-refractivity contribution < 1.29 is 9.50 Å². The highest BCUT2D eigenvalue weighted by atomic mass is 35.5. The second kappa shape index (κ2) is 6.51. The van der Waals surface area contributed by atoms with E-state index in [1.54, 1.807) is 6.07 Å². The van der Waals surface area contributed by atoms with E-state index in [9.17, 15) is 9.50 Å². The van der Waals surface area contributed by atoms with Crippen LogP contribution in [0.3, 0.4) is 0 Å². The average molecular weight is 284 g/mol. The van der Waals surface area contributed by atoms with E-state index in [2.05, 4.69) is 11.5 Å². The van der Waals surface area contributed by atoms with E-state index in [0.717, 1.165) is 32.4 Å². The molecule has 0 spiro atoms. The lowest BCUT2D eigenvalue weighted by Crippen LogP contribution is -2.43. The van der Waals surface area contributed by atoms with Gasteiger partial charge in [0.2, 0.25) is 0 Å². The van der Waals surface area contributed by atoms with Crippen molar-refractivity contribution in [3.05, 3.63) is 47.3 Å². The zero-order valence-corrected chi connectivity index (χ0v) is 11.6. The Hall–Kier alpha value is -0.900. The van der Waals surface area contributed by atoms with Crippen molar-refractivity contribution in [2.75, 3.05) is 13.1 Å². The molecule has 4 heteroatoms. The number of hydrogen-bond donors (Lipinski definition) is 1. The van der Waals surface area contributed by atoms with Crippen LogP contribution in [0.5, 0.6) is 0 Å². The maximum Gasteiger partial charge on any atom is 0.125 e. The molecule has 1 heterocycles. The molecule has 0 bridgehead atoms. The van der Waals surface area contributed by atoms with Crippen molar-refractivity contribution in [3.63, 3.8) is 0 Å². The molecule has 104 valence electrons. The molecule has 0 unspecified atom stereocenters. The standard InChI is InChI=1S/C15H19ClFNO/c1-2-6-18-7-4-3-5-14(18)15(19)11-8-12(16)10-13(17)9-11/h2,8-10,14-15,19H,1,3-7H2/t14-,15-/m0/s1. The molecule has 0 amide bonds. The minimum Gasteiger partial charge on any atom is -0.387 e. The molecule has 0 aromatic heterocycles. The molecule has 0 radical (unpaired) electrons. The summed E-state index contributed by atoms with van der Waals surface area (Å²) >= 11 is 5.85. The van der Waals surface area contributed by atoms with Crippen LogP contribution in [-0.4, -0.2) is 29.1 Å². The van der Waals surface area contributed by atoms with Gasteiger partial charge in [0.15, 0.2) is 0 Å². The highest BCUT2D eigenvalue weighted by molar-refractivity contribution is 6.30. The average Bonchev–Trinajstić information content (AvgIpc) is 2.38. The highest BCUT2D eigenvalue weighted by Crippen LogP contribution is 2.30. The predicted molar refractivity (Wildman–Crippen MR) is 75.8 cm³/mol. The van der Waals surface area contributed by atoms with Crippen molar-refractivity contribution in [1.82, 2.24) is 4.90 Å². The molecular weight excluding hydrogens is 265 g/mol.